The van der Waals surface area contributed by atoms with Crippen molar-refractivity contribution < 1.29 is 14.7 Å². The molecule has 1 atom stereocenters. The maximum absolute atomic E-state index is 8.77. The van der Waals surface area contributed by atoms with Gasteiger partial charge in [-0.15, -0.1) is 0 Å². The SMILES string of the molecule is COc1ccc(/C(N)=N/O)cc1CN1CCOCC1C. The number of methoxy groups -OCH3 is 1. The summed E-state index contributed by atoms with van der Waals surface area (Å²) < 4.78 is 10.8. The topological polar surface area (TPSA) is 80.3 Å². The molecule has 0 radical (unpaired) electrons. The number of rotatable bonds is 4. The zero-order chi connectivity index (χ0) is 14.5. The van der Waals surface area contributed by atoms with Gasteiger partial charge in [-0.2, -0.15) is 0 Å². The summed E-state index contributed by atoms with van der Waals surface area (Å²) in [7, 11) is 1.64. The van der Waals surface area contributed by atoms with Gasteiger partial charge in [0.05, 0.1) is 20.3 Å². The quantitative estimate of drug-likeness (QED) is 0.372. The molecule has 6 nitrogen and oxygen atoms in total. The molecule has 0 spiro atoms. The summed E-state index contributed by atoms with van der Waals surface area (Å²) in [6.45, 7) is 5.26. The molecule has 1 aliphatic heterocycles. The van der Waals surface area contributed by atoms with Gasteiger partial charge in [-0.25, -0.2) is 0 Å². The molecule has 6 heteroatoms. The number of morpholine rings is 1. The lowest BCUT2D eigenvalue weighted by Crippen LogP contribution is -2.43. The number of nitrogens with two attached hydrogens (primary N) is 1. The van der Waals surface area contributed by atoms with Crippen LogP contribution in [0.5, 0.6) is 5.75 Å². The van der Waals surface area contributed by atoms with E-state index in [1.54, 1.807) is 13.2 Å². The lowest BCUT2D eigenvalue weighted by atomic mass is 10.1. The first-order chi connectivity index (χ1) is 9.65. The van der Waals surface area contributed by atoms with Crippen LogP contribution in [0.3, 0.4) is 0 Å². The van der Waals surface area contributed by atoms with E-state index < -0.39 is 0 Å². The molecular formula is C14H21N3O3. The van der Waals surface area contributed by atoms with Crippen LogP contribution < -0.4 is 10.5 Å². The Balaban J connectivity index is 2.23. The minimum Gasteiger partial charge on any atom is -0.496 e. The average Bonchev–Trinajstić information content (AvgIpc) is 2.48. The first-order valence-corrected chi connectivity index (χ1v) is 6.62. The standard InChI is InChI=1S/C14H21N3O3/c1-10-9-20-6-5-17(10)8-12-7-11(14(15)16-18)3-4-13(12)19-2/h3-4,7,10,18H,5-6,8-9H2,1-2H3,(H2,15,16). The molecule has 1 aromatic rings. The number of amidine groups is 1. The fourth-order valence-electron chi connectivity index (χ4n) is 2.33. The molecule has 1 saturated heterocycles. The van der Waals surface area contributed by atoms with Gasteiger partial charge in [0.25, 0.3) is 0 Å². The number of nitrogens with zero attached hydrogens (tertiary/aromatic N) is 2. The van der Waals surface area contributed by atoms with Crippen LogP contribution in [0.2, 0.25) is 0 Å². The third-order valence-electron chi connectivity index (χ3n) is 3.56. The largest absolute Gasteiger partial charge is 0.496 e. The Bertz CT molecular complexity index is 491. The summed E-state index contributed by atoms with van der Waals surface area (Å²) in [5, 5.41) is 11.8. The van der Waals surface area contributed by atoms with Crippen molar-refractivity contribution in [3.63, 3.8) is 0 Å². The summed E-state index contributed by atoms with van der Waals surface area (Å²) in [6, 6.07) is 5.88. The van der Waals surface area contributed by atoms with Gasteiger partial charge in [0, 0.05) is 30.3 Å². The van der Waals surface area contributed by atoms with Crippen molar-refractivity contribution in [2.45, 2.75) is 19.5 Å². The molecule has 1 unspecified atom stereocenters. The summed E-state index contributed by atoms with van der Waals surface area (Å²) in [5.41, 5.74) is 7.34. The fraction of sp³-hybridized carbons (Fsp3) is 0.500. The van der Waals surface area contributed by atoms with Gasteiger partial charge in [-0.1, -0.05) is 5.16 Å². The molecule has 3 N–H and O–H groups in total. The Kier molecular flexibility index (Phi) is 4.81. The van der Waals surface area contributed by atoms with Crippen LogP contribution in [0.1, 0.15) is 18.1 Å². The highest BCUT2D eigenvalue weighted by Crippen LogP contribution is 2.23. The van der Waals surface area contributed by atoms with E-state index in [2.05, 4.69) is 17.0 Å². The first-order valence-electron chi connectivity index (χ1n) is 6.62. The smallest absolute Gasteiger partial charge is 0.170 e. The fourth-order valence-corrected chi connectivity index (χ4v) is 2.33. The van der Waals surface area contributed by atoms with Crippen LogP contribution in [0.25, 0.3) is 0 Å². The maximum Gasteiger partial charge on any atom is 0.170 e. The predicted octanol–water partition coefficient (Wildman–Crippen LogP) is 1.01. The van der Waals surface area contributed by atoms with Crippen LogP contribution in [-0.4, -0.2) is 48.9 Å². The van der Waals surface area contributed by atoms with E-state index in [9.17, 15) is 0 Å². The van der Waals surface area contributed by atoms with Crippen LogP contribution in [-0.2, 0) is 11.3 Å². The Hall–Kier alpha value is -1.79. The Labute approximate surface area is 118 Å². The van der Waals surface area contributed by atoms with E-state index in [-0.39, 0.29) is 5.84 Å². The van der Waals surface area contributed by atoms with Crippen molar-refractivity contribution in [3.8, 4) is 5.75 Å². The molecule has 110 valence electrons. The zero-order valence-corrected chi connectivity index (χ0v) is 11.9. The zero-order valence-electron chi connectivity index (χ0n) is 11.9. The van der Waals surface area contributed by atoms with Gasteiger partial charge in [-0.05, 0) is 25.1 Å². The highest BCUT2D eigenvalue weighted by molar-refractivity contribution is 5.97. The normalized spacial score (nSPS) is 20.9. The van der Waals surface area contributed by atoms with E-state index in [1.165, 1.54) is 0 Å². The second-order valence-corrected chi connectivity index (χ2v) is 4.91. The number of ether oxygens (including phenoxy) is 2. The monoisotopic (exact) mass is 279 g/mol. The summed E-state index contributed by atoms with van der Waals surface area (Å²) >= 11 is 0. The van der Waals surface area contributed by atoms with E-state index in [0.29, 0.717) is 11.6 Å². The molecule has 20 heavy (non-hydrogen) atoms. The molecule has 0 aromatic heterocycles. The van der Waals surface area contributed by atoms with Crippen molar-refractivity contribution in [1.29, 1.82) is 0 Å². The van der Waals surface area contributed by atoms with E-state index >= 15 is 0 Å². The number of benzene rings is 1. The third-order valence-corrected chi connectivity index (χ3v) is 3.56. The molecule has 0 aliphatic carbocycles. The summed E-state index contributed by atoms with van der Waals surface area (Å²) in [5.74, 6) is 0.905. The van der Waals surface area contributed by atoms with E-state index in [4.69, 9.17) is 20.4 Å². The van der Waals surface area contributed by atoms with Crippen LogP contribution >= 0.6 is 0 Å². The molecule has 0 amide bonds. The third kappa shape index (κ3) is 3.20. The van der Waals surface area contributed by atoms with Crippen LogP contribution in [0.15, 0.2) is 23.4 Å². The molecule has 1 aromatic carbocycles. The highest BCUT2D eigenvalue weighted by atomic mass is 16.5. The highest BCUT2D eigenvalue weighted by Gasteiger charge is 2.20. The van der Waals surface area contributed by atoms with Gasteiger partial charge in [0.1, 0.15) is 5.75 Å². The van der Waals surface area contributed by atoms with Gasteiger partial charge < -0.3 is 20.4 Å². The van der Waals surface area contributed by atoms with Gasteiger partial charge in [0.15, 0.2) is 5.84 Å². The van der Waals surface area contributed by atoms with Gasteiger partial charge in [-0.3, -0.25) is 4.90 Å². The second-order valence-electron chi connectivity index (χ2n) is 4.91. The average molecular weight is 279 g/mol. The molecule has 0 bridgehead atoms. The van der Waals surface area contributed by atoms with Crippen molar-refractivity contribution in [3.05, 3.63) is 29.3 Å². The molecule has 1 aliphatic rings. The van der Waals surface area contributed by atoms with Crippen molar-refractivity contribution >= 4 is 5.84 Å². The number of hydrogen-bond donors (Lipinski definition) is 2. The Morgan fingerprint density at radius 1 is 1.60 bits per heavy atom. The molecule has 2 rings (SSSR count). The maximum atomic E-state index is 8.77. The molecule has 0 saturated carbocycles. The minimum absolute atomic E-state index is 0.101. The Morgan fingerprint density at radius 3 is 3.05 bits per heavy atom. The molecule has 1 heterocycles. The Morgan fingerprint density at radius 2 is 2.40 bits per heavy atom. The molecular weight excluding hydrogens is 258 g/mol. The van der Waals surface area contributed by atoms with Crippen LogP contribution in [0.4, 0.5) is 0 Å². The lowest BCUT2D eigenvalue weighted by molar-refractivity contribution is -0.00464. The molecule has 1 fully saturated rings. The minimum atomic E-state index is 0.101. The first kappa shape index (κ1) is 14.6. The van der Waals surface area contributed by atoms with Gasteiger partial charge >= 0.3 is 0 Å². The number of hydrogen-bond acceptors (Lipinski definition) is 5. The van der Waals surface area contributed by atoms with E-state index in [0.717, 1.165) is 37.6 Å². The predicted molar refractivity (Wildman–Crippen MR) is 76.2 cm³/mol. The van der Waals surface area contributed by atoms with E-state index in [1.807, 2.05) is 12.1 Å². The lowest BCUT2D eigenvalue weighted by Gasteiger charge is -2.33. The summed E-state index contributed by atoms with van der Waals surface area (Å²) in [4.78, 5) is 2.33. The van der Waals surface area contributed by atoms with Gasteiger partial charge in [0.2, 0.25) is 0 Å². The van der Waals surface area contributed by atoms with Crippen molar-refractivity contribution in [2.75, 3.05) is 26.9 Å². The van der Waals surface area contributed by atoms with Crippen molar-refractivity contribution in [2.24, 2.45) is 10.9 Å². The second kappa shape index (κ2) is 6.58. The number of oxime groups is 1. The summed E-state index contributed by atoms with van der Waals surface area (Å²) in [6.07, 6.45) is 0. The van der Waals surface area contributed by atoms with Crippen LogP contribution in [0, 0.1) is 0 Å². The van der Waals surface area contributed by atoms with Crippen molar-refractivity contribution in [1.82, 2.24) is 4.90 Å².